The first-order valence-corrected chi connectivity index (χ1v) is 4.33. The minimum atomic E-state index is -1.07. The van der Waals surface area contributed by atoms with Crippen LogP contribution >= 0.6 is 0 Å². The molecule has 2 aliphatic rings. The first-order chi connectivity index (χ1) is 6.61. The van der Waals surface area contributed by atoms with Crippen LogP contribution in [0.15, 0.2) is 11.1 Å². The lowest BCUT2D eigenvalue weighted by molar-refractivity contribution is -0.152. The van der Waals surface area contributed by atoms with Crippen LogP contribution in [0.1, 0.15) is 19.3 Å². The number of aliphatic carboxylic acids is 1. The molecule has 0 amide bonds. The zero-order valence-corrected chi connectivity index (χ0v) is 7.28. The van der Waals surface area contributed by atoms with Crippen molar-refractivity contribution in [2.24, 2.45) is 5.92 Å². The van der Waals surface area contributed by atoms with Crippen molar-refractivity contribution in [3.05, 3.63) is 11.1 Å². The van der Waals surface area contributed by atoms with Crippen LogP contribution in [-0.4, -0.2) is 23.0 Å². The molecule has 2 rings (SSSR count). The van der Waals surface area contributed by atoms with Crippen molar-refractivity contribution in [2.45, 2.75) is 19.3 Å². The Morgan fingerprint density at radius 3 is 2.71 bits per heavy atom. The average Bonchev–Trinajstić information content (AvgIpc) is 2.43. The zero-order valence-electron chi connectivity index (χ0n) is 7.28. The van der Waals surface area contributed by atoms with Gasteiger partial charge in [0.15, 0.2) is 0 Å². The van der Waals surface area contributed by atoms with Crippen LogP contribution in [-0.2, 0) is 19.1 Å². The van der Waals surface area contributed by atoms with Gasteiger partial charge in [-0.25, -0.2) is 9.59 Å². The van der Waals surface area contributed by atoms with Crippen molar-refractivity contribution in [1.29, 1.82) is 0 Å². The van der Waals surface area contributed by atoms with Gasteiger partial charge in [0, 0.05) is 5.57 Å². The fourth-order valence-electron chi connectivity index (χ4n) is 1.90. The minimum Gasteiger partial charge on any atom is -0.481 e. The Hall–Kier alpha value is -1.65. The fourth-order valence-corrected chi connectivity index (χ4v) is 1.90. The van der Waals surface area contributed by atoms with E-state index in [4.69, 9.17) is 5.11 Å². The Labute approximate surface area is 79.3 Å². The number of ether oxygens (including phenoxy) is 1. The second-order valence-electron chi connectivity index (χ2n) is 3.35. The molecule has 0 saturated carbocycles. The molecule has 1 N–H and O–H groups in total. The number of cyclic esters (lactones) is 2. The Morgan fingerprint density at radius 1 is 1.36 bits per heavy atom. The summed E-state index contributed by atoms with van der Waals surface area (Å²) in [5.41, 5.74) is 0.322. The predicted octanol–water partition coefficient (Wildman–Crippen LogP) is 0.251. The average molecular weight is 196 g/mol. The summed E-state index contributed by atoms with van der Waals surface area (Å²) in [5, 5.41) is 8.84. The van der Waals surface area contributed by atoms with E-state index in [1.165, 1.54) is 0 Å². The van der Waals surface area contributed by atoms with Gasteiger partial charge in [-0.2, -0.15) is 0 Å². The molecule has 0 aromatic carbocycles. The summed E-state index contributed by atoms with van der Waals surface area (Å²) in [6.07, 6.45) is 1.46. The molecule has 1 aliphatic carbocycles. The van der Waals surface area contributed by atoms with Crippen LogP contribution < -0.4 is 0 Å². The maximum absolute atomic E-state index is 11.2. The molecule has 1 unspecified atom stereocenters. The molecule has 0 aromatic heterocycles. The molecule has 1 heterocycles. The second-order valence-corrected chi connectivity index (χ2v) is 3.35. The molecular formula is C9H8O5. The molecule has 0 spiro atoms. The standard InChI is InChI=1S/C9H8O5/c10-7(11)4-2-1-3-5-6(4)9(13)14-8(5)12/h4H,1-3H2,(H,10,11). The number of carbonyl (C=O) groups excluding carboxylic acids is 2. The van der Waals surface area contributed by atoms with E-state index in [1.807, 2.05) is 0 Å². The Kier molecular flexibility index (Phi) is 1.87. The molecule has 14 heavy (non-hydrogen) atoms. The molecule has 74 valence electrons. The lowest BCUT2D eigenvalue weighted by atomic mass is 9.84. The van der Waals surface area contributed by atoms with E-state index < -0.39 is 23.8 Å². The fraction of sp³-hybridized carbons (Fsp3) is 0.444. The van der Waals surface area contributed by atoms with Crippen molar-refractivity contribution in [1.82, 2.24) is 0 Å². The maximum atomic E-state index is 11.2. The van der Waals surface area contributed by atoms with Gasteiger partial charge in [-0.1, -0.05) is 0 Å². The van der Waals surface area contributed by atoms with Gasteiger partial charge in [-0.05, 0) is 19.3 Å². The van der Waals surface area contributed by atoms with Crippen LogP contribution in [0.3, 0.4) is 0 Å². The van der Waals surface area contributed by atoms with Gasteiger partial charge in [-0.15, -0.1) is 0 Å². The normalized spacial score (nSPS) is 26.1. The summed E-state index contributed by atoms with van der Waals surface area (Å²) in [6.45, 7) is 0. The molecular weight excluding hydrogens is 188 g/mol. The summed E-state index contributed by atoms with van der Waals surface area (Å²) < 4.78 is 4.37. The summed E-state index contributed by atoms with van der Waals surface area (Å²) in [4.78, 5) is 33.1. The van der Waals surface area contributed by atoms with Gasteiger partial charge >= 0.3 is 17.9 Å². The lowest BCUT2D eigenvalue weighted by Gasteiger charge is -2.16. The quantitative estimate of drug-likeness (QED) is 0.480. The van der Waals surface area contributed by atoms with E-state index >= 15 is 0 Å². The smallest absolute Gasteiger partial charge is 0.343 e. The highest BCUT2D eigenvalue weighted by Gasteiger charge is 2.42. The van der Waals surface area contributed by atoms with Crippen LogP contribution in [0.5, 0.6) is 0 Å². The molecule has 1 aliphatic heterocycles. The highest BCUT2D eigenvalue weighted by atomic mass is 16.6. The van der Waals surface area contributed by atoms with E-state index in [2.05, 4.69) is 4.74 Å². The van der Waals surface area contributed by atoms with Crippen molar-refractivity contribution >= 4 is 17.9 Å². The Balaban J connectivity index is 2.45. The summed E-state index contributed by atoms with van der Waals surface area (Å²) >= 11 is 0. The van der Waals surface area contributed by atoms with Crippen LogP contribution in [0.2, 0.25) is 0 Å². The van der Waals surface area contributed by atoms with Crippen LogP contribution in [0.25, 0.3) is 0 Å². The molecule has 5 heteroatoms. The van der Waals surface area contributed by atoms with E-state index in [0.29, 0.717) is 19.3 Å². The first-order valence-electron chi connectivity index (χ1n) is 4.33. The molecule has 0 saturated heterocycles. The number of carbonyl (C=O) groups is 3. The topological polar surface area (TPSA) is 80.7 Å². The molecule has 5 nitrogen and oxygen atoms in total. The summed E-state index contributed by atoms with van der Waals surface area (Å²) in [7, 11) is 0. The number of rotatable bonds is 1. The van der Waals surface area contributed by atoms with E-state index in [9.17, 15) is 14.4 Å². The van der Waals surface area contributed by atoms with Crippen LogP contribution in [0.4, 0.5) is 0 Å². The van der Waals surface area contributed by atoms with Gasteiger partial charge in [0.25, 0.3) is 0 Å². The van der Waals surface area contributed by atoms with Gasteiger partial charge in [0.2, 0.25) is 0 Å². The van der Waals surface area contributed by atoms with Gasteiger partial charge in [0.1, 0.15) is 0 Å². The molecule has 0 bridgehead atoms. The number of carboxylic acid groups (broad SMARTS) is 1. The monoisotopic (exact) mass is 196 g/mol. The third-order valence-electron chi connectivity index (χ3n) is 2.54. The highest BCUT2D eigenvalue weighted by molar-refractivity contribution is 6.14. The third-order valence-corrected chi connectivity index (χ3v) is 2.54. The largest absolute Gasteiger partial charge is 0.481 e. The number of hydrogen-bond donors (Lipinski definition) is 1. The molecule has 0 aromatic rings. The minimum absolute atomic E-state index is 0.0637. The predicted molar refractivity (Wildman–Crippen MR) is 43.1 cm³/mol. The highest BCUT2D eigenvalue weighted by Crippen LogP contribution is 2.35. The molecule has 0 radical (unpaired) electrons. The Bertz CT molecular complexity index is 365. The van der Waals surface area contributed by atoms with Gasteiger partial charge < -0.3 is 9.84 Å². The van der Waals surface area contributed by atoms with Gasteiger partial charge in [0.05, 0.1) is 11.5 Å². The van der Waals surface area contributed by atoms with Crippen molar-refractivity contribution in [3.8, 4) is 0 Å². The van der Waals surface area contributed by atoms with Crippen LogP contribution in [0, 0.1) is 5.92 Å². The van der Waals surface area contributed by atoms with Crippen molar-refractivity contribution in [3.63, 3.8) is 0 Å². The summed E-state index contributed by atoms with van der Waals surface area (Å²) in [6, 6.07) is 0. The first kappa shape index (κ1) is 8.93. The zero-order chi connectivity index (χ0) is 10.3. The van der Waals surface area contributed by atoms with E-state index in [0.717, 1.165) is 0 Å². The van der Waals surface area contributed by atoms with Gasteiger partial charge in [-0.3, -0.25) is 4.79 Å². The lowest BCUT2D eigenvalue weighted by Crippen LogP contribution is -2.23. The molecule has 0 fully saturated rings. The van der Waals surface area contributed by atoms with Crippen molar-refractivity contribution < 1.29 is 24.2 Å². The number of hydrogen-bond acceptors (Lipinski definition) is 4. The number of carboxylic acids is 1. The molecule has 1 atom stereocenters. The maximum Gasteiger partial charge on any atom is 0.343 e. The second kappa shape index (κ2) is 2.94. The third kappa shape index (κ3) is 1.13. The Morgan fingerprint density at radius 2 is 2.07 bits per heavy atom. The number of esters is 2. The SMILES string of the molecule is O=C1OC(=O)C2=C1CCCC2C(=O)O. The van der Waals surface area contributed by atoms with Crippen molar-refractivity contribution in [2.75, 3.05) is 0 Å². The van der Waals surface area contributed by atoms with E-state index in [1.54, 1.807) is 0 Å². The van der Waals surface area contributed by atoms with E-state index in [-0.39, 0.29) is 11.1 Å². The summed E-state index contributed by atoms with van der Waals surface area (Å²) in [5.74, 6) is -3.38.